The lowest BCUT2D eigenvalue weighted by atomic mass is 10.1. The maximum atomic E-state index is 12.4. The number of amides is 1. The van der Waals surface area contributed by atoms with E-state index in [0.717, 1.165) is 24.6 Å². The molecule has 3 rings (SSSR count). The van der Waals surface area contributed by atoms with E-state index in [-0.39, 0.29) is 11.9 Å². The molecule has 1 fully saturated rings. The molecule has 1 amide bonds. The first-order chi connectivity index (χ1) is 11.8. The molecule has 1 aromatic carbocycles. The van der Waals surface area contributed by atoms with Gasteiger partial charge in [0.2, 0.25) is 0 Å². The molecule has 1 aromatic heterocycles. The van der Waals surface area contributed by atoms with Gasteiger partial charge in [-0.15, -0.1) is 0 Å². The molecule has 1 N–H and O–H groups in total. The average molecular weight is 330 g/mol. The summed E-state index contributed by atoms with van der Waals surface area (Å²) in [5.41, 5.74) is 0.607. The fraction of sp³-hybridized carbons (Fsp3) is 0.389. The van der Waals surface area contributed by atoms with Crippen LogP contribution < -0.4 is 10.1 Å². The van der Waals surface area contributed by atoms with Crippen LogP contribution in [0.5, 0.6) is 5.75 Å². The summed E-state index contributed by atoms with van der Waals surface area (Å²) in [6.07, 6.45) is 1.66. The van der Waals surface area contributed by atoms with E-state index in [4.69, 9.17) is 13.9 Å². The topological polar surface area (TPSA) is 63.9 Å². The zero-order chi connectivity index (χ0) is 16.8. The molecule has 1 atom stereocenters. The van der Waals surface area contributed by atoms with Crippen LogP contribution in [0.15, 0.2) is 47.1 Å². The molecule has 2 aromatic rings. The van der Waals surface area contributed by atoms with Gasteiger partial charge < -0.3 is 19.2 Å². The van der Waals surface area contributed by atoms with Crippen molar-refractivity contribution < 1.29 is 18.7 Å². The smallest absolute Gasteiger partial charge is 0.251 e. The Balaban J connectivity index is 1.65. The van der Waals surface area contributed by atoms with Gasteiger partial charge in [-0.25, -0.2) is 0 Å². The lowest BCUT2D eigenvalue weighted by Gasteiger charge is -2.33. The van der Waals surface area contributed by atoms with Crippen LogP contribution in [0.2, 0.25) is 0 Å². The summed E-state index contributed by atoms with van der Waals surface area (Å²) >= 11 is 0. The minimum absolute atomic E-state index is 0.00565. The number of morpholine rings is 1. The monoisotopic (exact) mass is 330 g/mol. The lowest BCUT2D eigenvalue weighted by Crippen LogP contribution is -2.43. The molecule has 0 unspecified atom stereocenters. The van der Waals surface area contributed by atoms with Crippen LogP contribution in [-0.2, 0) is 4.74 Å². The summed E-state index contributed by atoms with van der Waals surface area (Å²) in [6, 6.07) is 10.9. The molecule has 0 spiro atoms. The van der Waals surface area contributed by atoms with Crippen LogP contribution in [0.1, 0.15) is 22.2 Å². The fourth-order valence-electron chi connectivity index (χ4n) is 2.81. The zero-order valence-electron chi connectivity index (χ0n) is 13.7. The van der Waals surface area contributed by atoms with Crippen molar-refractivity contribution in [1.82, 2.24) is 10.2 Å². The SMILES string of the molecule is COc1ccc(C(=O)NC[C@H](c2ccco2)N2CCOCC2)cc1. The number of ether oxygens (including phenoxy) is 2. The minimum atomic E-state index is -0.109. The lowest BCUT2D eigenvalue weighted by molar-refractivity contribution is 0.0118. The van der Waals surface area contributed by atoms with Crippen molar-refractivity contribution in [1.29, 1.82) is 0 Å². The standard InChI is InChI=1S/C18H22N2O4/c1-22-15-6-4-14(5-7-15)18(21)19-13-16(17-3-2-10-24-17)20-8-11-23-12-9-20/h2-7,10,16H,8-9,11-13H2,1H3,(H,19,21)/t16-/m1/s1. The molecule has 1 aliphatic rings. The van der Waals surface area contributed by atoms with E-state index in [9.17, 15) is 4.79 Å². The van der Waals surface area contributed by atoms with E-state index in [2.05, 4.69) is 10.2 Å². The second-order valence-corrected chi connectivity index (χ2v) is 5.62. The van der Waals surface area contributed by atoms with Crippen LogP contribution in [0.3, 0.4) is 0 Å². The van der Waals surface area contributed by atoms with Crippen molar-refractivity contribution in [3.05, 3.63) is 54.0 Å². The molecule has 1 aliphatic heterocycles. The van der Waals surface area contributed by atoms with Gasteiger partial charge in [-0.1, -0.05) is 0 Å². The Labute approximate surface area is 141 Å². The zero-order valence-corrected chi connectivity index (χ0v) is 13.7. The first-order valence-corrected chi connectivity index (χ1v) is 8.05. The molecular weight excluding hydrogens is 308 g/mol. The van der Waals surface area contributed by atoms with E-state index >= 15 is 0 Å². The fourth-order valence-corrected chi connectivity index (χ4v) is 2.81. The Hall–Kier alpha value is -2.31. The molecule has 0 saturated carbocycles. The summed E-state index contributed by atoms with van der Waals surface area (Å²) in [7, 11) is 1.60. The Bertz CT molecular complexity index is 634. The maximum absolute atomic E-state index is 12.4. The highest BCUT2D eigenvalue weighted by Gasteiger charge is 2.25. The molecule has 0 bridgehead atoms. The molecule has 6 heteroatoms. The summed E-state index contributed by atoms with van der Waals surface area (Å²) in [4.78, 5) is 14.6. The second kappa shape index (κ2) is 7.99. The number of carbonyl (C=O) groups is 1. The van der Waals surface area contributed by atoms with Crippen LogP contribution in [0.4, 0.5) is 0 Å². The Kier molecular flexibility index (Phi) is 5.51. The third-order valence-electron chi connectivity index (χ3n) is 4.17. The third-order valence-corrected chi connectivity index (χ3v) is 4.17. The Morgan fingerprint density at radius 3 is 2.62 bits per heavy atom. The average Bonchev–Trinajstić information content (AvgIpc) is 3.17. The van der Waals surface area contributed by atoms with Crippen molar-refractivity contribution in [2.75, 3.05) is 40.0 Å². The summed E-state index contributed by atoms with van der Waals surface area (Å²) < 4.78 is 16.1. The van der Waals surface area contributed by atoms with Crippen LogP contribution in [0.25, 0.3) is 0 Å². The van der Waals surface area contributed by atoms with Gasteiger partial charge in [0.25, 0.3) is 5.91 Å². The van der Waals surface area contributed by atoms with E-state index in [0.29, 0.717) is 25.3 Å². The summed E-state index contributed by atoms with van der Waals surface area (Å²) in [6.45, 7) is 3.53. The van der Waals surface area contributed by atoms with Gasteiger partial charge in [0.05, 0.1) is 32.6 Å². The molecule has 0 aliphatic carbocycles. The highest BCUT2D eigenvalue weighted by Crippen LogP contribution is 2.22. The summed E-state index contributed by atoms with van der Waals surface area (Å²) in [5, 5.41) is 3.00. The van der Waals surface area contributed by atoms with Crippen molar-refractivity contribution in [2.45, 2.75) is 6.04 Å². The largest absolute Gasteiger partial charge is 0.497 e. The van der Waals surface area contributed by atoms with Crippen LogP contribution in [0, 0.1) is 0 Å². The van der Waals surface area contributed by atoms with Crippen molar-refractivity contribution in [3.8, 4) is 5.75 Å². The number of benzene rings is 1. The van der Waals surface area contributed by atoms with Gasteiger partial charge in [0, 0.05) is 25.2 Å². The molecule has 6 nitrogen and oxygen atoms in total. The Morgan fingerprint density at radius 1 is 1.25 bits per heavy atom. The molecule has 128 valence electrons. The molecular formula is C18H22N2O4. The van der Waals surface area contributed by atoms with E-state index < -0.39 is 0 Å². The predicted molar refractivity (Wildman–Crippen MR) is 89.2 cm³/mol. The number of furan rings is 1. The number of rotatable bonds is 6. The number of methoxy groups -OCH3 is 1. The predicted octanol–water partition coefficient (Wildman–Crippen LogP) is 2.09. The number of nitrogens with one attached hydrogen (secondary N) is 1. The highest BCUT2D eigenvalue weighted by atomic mass is 16.5. The highest BCUT2D eigenvalue weighted by molar-refractivity contribution is 5.94. The van der Waals surface area contributed by atoms with Crippen molar-refractivity contribution in [3.63, 3.8) is 0 Å². The number of nitrogens with zero attached hydrogens (tertiary/aromatic N) is 1. The third kappa shape index (κ3) is 3.96. The van der Waals surface area contributed by atoms with E-state index in [1.165, 1.54) is 0 Å². The van der Waals surface area contributed by atoms with Gasteiger partial charge in [-0.3, -0.25) is 9.69 Å². The molecule has 2 heterocycles. The second-order valence-electron chi connectivity index (χ2n) is 5.62. The summed E-state index contributed by atoms with van der Waals surface area (Å²) in [5.74, 6) is 1.47. The maximum Gasteiger partial charge on any atom is 0.251 e. The molecule has 1 saturated heterocycles. The van der Waals surface area contributed by atoms with Crippen LogP contribution in [-0.4, -0.2) is 50.8 Å². The quantitative estimate of drug-likeness (QED) is 0.879. The number of hydrogen-bond acceptors (Lipinski definition) is 5. The van der Waals surface area contributed by atoms with Crippen molar-refractivity contribution in [2.24, 2.45) is 0 Å². The van der Waals surface area contributed by atoms with E-state index in [1.807, 2.05) is 12.1 Å². The first kappa shape index (κ1) is 16.5. The molecule has 24 heavy (non-hydrogen) atoms. The number of hydrogen-bond donors (Lipinski definition) is 1. The number of carbonyl (C=O) groups excluding carboxylic acids is 1. The molecule has 0 radical (unpaired) electrons. The van der Waals surface area contributed by atoms with Crippen molar-refractivity contribution >= 4 is 5.91 Å². The Morgan fingerprint density at radius 2 is 2.00 bits per heavy atom. The van der Waals surface area contributed by atoms with Gasteiger partial charge in [0.15, 0.2) is 0 Å². The first-order valence-electron chi connectivity index (χ1n) is 8.05. The van der Waals surface area contributed by atoms with E-state index in [1.54, 1.807) is 37.6 Å². The van der Waals surface area contributed by atoms with Gasteiger partial charge in [-0.05, 0) is 36.4 Å². The minimum Gasteiger partial charge on any atom is -0.497 e. The van der Waals surface area contributed by atoms with Gasteiger partial charge >= 0.3 is 0 Å². The van der Waals surface area contributed by atoms with Crippen LogP contribution >= 0.6 is 0 Å². The van der Waals surface area contributed by atoms with Gasteiger partial charge in [0.1, 0.15) is 11.5 Å². The van der Waals surface area contributed by atoms with Gasteiger partial charge in [-0.2, -0.15) is 0 Å². The normalized spacial score (nSPS) is 16.5.